The number of amides is 1. The Morgan fingerprint density at radius 1 is 1.10 bits per heavy atom. The van der Waals surface area contributed by atoms with Crippen molar-refractivity contribution in [1.82, 2.24) is 4.90 Å². The molecule has 30 heavy (non-hydrogen) atoms. The van der Waals surface area contributed by atoms with E-state index < -0.39 is 10.1 Å². The van der Waals surface area contributed by atoms with Crippen LogP contribution in [-0.4, -0.2) is 36.7 Å². The minimum absolute atomic E-state index is 0.0582. The van der Waals surface area contributed by atoms with Gasteiger partial charge in [0.05, 0.1) is 11.5 Å². The maximum absolute atomic E-state index is 12.6. The van der Waals surface area contributed by atoms with Gasteiger partial charge in [-0.15, -0.1) is 0 Å². The van der Waals surface area contributed by atoms with Crippen LogP contribution in [0.4, 0.5) is 0 Å². The summed E-state index contributed by atoms with van der Waals surface area (Å²) >= 11 is 6.46. The third-order valence-corrected chi connectivity index (χ3v) is 6.89. The number of thioether (sulfide) groups is 1. The first kappa shape index (κ1) is 22.3. The summed E-state index contributed by atoms with van der Waals surface area (Å²) in [6, 6.07) is 11.2. The normalized spacial score (nSPS) is 15.7. The second-order valence-corrected chi connectivity index (χ2v) is 9.64. The molecule has 0 spiro atoms. The molecule has 1 aliphatic rings. The quantitative estimate of drug-likeness (QED) is 0.343. The van der Waals surface area contributed by atoms with E-state index in [0.29, 0.717) is 27.9 Å². The number of benzene rings is 2. The number of aryl methyl sites for hydroxylation is 1. The van der Waals surface area contributed by atoms with E-state index in [1.165, 1.54) is 34.9 Å². The van der Waals surface area contributed by atoms with Crippen LogP contribution in [0.25, 0.3) is 6.08 Å². The SMILES string of the molecule is CCOc1cc(/C=C2\SC(=S)N(CC)C2=O)ccc1OS(=O)(=O)c1ccc(C)cc1. The van der Waals surface area contributed by atoms with Gasteiger partial charge in [0.2, 0.25) is 0 Å². The van der Waals surface area contributed by atoms with E-state index in [1.54, 1.807) is 37.3 Å². The van der Waals surface area contributed by atoms with E-state index in [0.717, 1.165) is 5.56 Å². The molecule has 0 atom stereocenters. The van der Waals surface area contributed by atoms with Crippen LogP contribution in [0.1, 0.15) is 25.0 Å². The second kappa shape index (κ2) is 9.20. The molecule has 0 radical (unpaired) electrons. The van der Waals surface area contributed by atoms with Gasteiger partial charge < -0.3 is 8.92 Å². The third kappa shape index (κ3) is 4.85. The smallest absolute Gasteiger partial charge is 0.339 e. The minimum Gasteiger partial charge on any atom is -0.490 e. The average molecular weight is 464 g/mol. The average Bonchev–Trinajstić information content (AvgIpc) is 2.96. The van der Waals surface area contributed by atoms with Gasteiger partial charge in [0.1, 0.15) is 9.22 Å². The molecule has 6 nitrogen and oxygen atoms in total. The summed E-state index contributed by atoms with van der Waals surface area (Å²) < 4.78 is 36.7. The van der Waals surface area contributed by atoms with Crippen molar-refractivity contribution in [1.29, 1.82) is 0 Å². The van der Waals surface area contributed by atoms with Gasteiger partial charge in [-0.05, 0) is 56.7 Å². The molecule has 9 heteroatoms. The van der Waals surface area contributed by atoms with Crippen LogP contribution in [0.15, 0.2) is 52.3 Å². The molecule has 2 aromatic rings. The highest BCUT2D eigenvalue weighted by Crippen LogP contribution is 2.35. The summed E-state index contributed by atoms with van der Waals surface area (Å²) in [5.74, 6) is 0.205. The molecular weight excluding hydrogens is 442 g/mol. The summed E-state index contributed by atoms with van der Waals surface area (Å²) in [6.45, 7) is 6.36. The van der Waals surface area contributed by atoms with Gasteiger partial charge >= 0.3 is 10.1 Å². The first-order valence-electron chi connectivity index (χ1n) is 9.28. The van der Waals surface area contributed by atoms with Gasteiger partial charge in [-0.3, -0.25) is 9.69 Å². The van der Waals surface area contributed by atoms with Crippen molar-refractivity contribution in [2.24, 2.45) is 0 Å². The lowest BCUT2D eigenvalue weighted by Crippen LogP contribution is -2.27. The number of rotatable bonds is 7. The molecule has 0 bridgehead atoms. The maximum Gasteiger partial charge on any atom is 0.339 e. The van der Waals surface area contributed by atoms with Crippen molar-refractivity contribution in [2.75, 3.05) is 13.2 Å². The van der Waals surface area contributed by atoms with E-state index in [-0.39, 0.29) is 22.3 Å². The summed E-state index contributed by atoms with van der Waals surface area (Å²) in [5, 5.41) is 0. The number of thiocarbonyl (C=S) groups is 1. The van der Waals surface area contributed by atoms with Gasteiger partial charge in [-0.1, -0.05) is 47.7 Å². The fourth-order valence-electron chi connectivity index (χ4n) is 2.75. The van der Waals surface area contributed by atoms with Crippen LogP contribution >= 0.6 is 24.0 Å². The van der Waals surface area contributed by atoms with Crippen molar-refractivity contribution in [3.63, 3.8) is 0 Å². The molecule has 0 unspecified atom stereocenters. The van der Waals surface area contributed by atoms with Gasteiger partial charge in [0.15, 0.2) is 11.5 Å². The number of hydrogen-bond donors (Lipinski definition) is 0. The van der Waals surface area contributed by atoms with Crippen molar-refractivity contribution in [3.05, 3.63) is 58.5 Å². The highest BCUT2D eigenvalue weighted by molar-refractivity contribution is 8.26. The van der Waals surface area contributed by atoms with E-state index in [1.807, 2.05) is 13.8 Å². The van der Waals surface area contributed by atoms with E-state index in [4.69, 9.17) is 21.1 Å². The monoisotopic (exact) mass is 463 g/mol. The van der Waals surface area contributed by atoms with Crippen molar-refractivity contribution >= 4 is 50.4 Å². The fourth-order valence-corrected chi connectivity index (χ4v) is 5.07. The lowest BCUT2D eigenvalue weighted by atomic mass is 10.2. The number of ether oxygens (including phenoxy) is 1. The van der Waals surface area contributed by atoms with Crippen LogP contribution in [0.2, 0.25) is 0 Å². The topological polar surface area (TPSA) is 72.9 Å². The molecule has 2 aromatic carbocycles. The predicted molar refractivity (Wildman–Crippen MR) is 122 cm³/mol. The van der Waals surface area contributed by atoms with Crippen LogP contribution in [-0.2, 0) is 14.9 Å². The number of hydrogen-bond acceptors (Lipinski definition) is 7. The van der Waals surface area contributed by atoms with Crippen LogP contribution in [0, 0.1) is 6.92 Å². The summed E-state index contributed by atoms with van der Waals surface area (Å²) in [5.41, 5.74) is 1.62. The van der Waals surface area contributed by atoms with E-state index >= 15 is 0 Å². The Bertz CT molecular complexity index is 1110. The summed E-state index contributed by atoms with van der Waals surface area (Å²) in [7, 11) is -4.01. The minimum atomic E-state index is -4.01. The first-order chi connectivity index (χ1) is 14.2. The lowest BCUT2D eigenvalue weighted by molar-refractivity contribution is -0.121. The predicted octanol–water partition coefficient (Wildman–Crippen LogP) is 4.38. The summed E-state index contributed by atoms with van der Waals surface area (Å²) in [4.78, 5) is 14.5. The zero-order chi connectivity index (χ0) is 21.9. The highest BCUT2D eigenvalue weighted by atomic mass is 32.2. The highest BCUT2D eigenvalue weighted by Gasteiger charge is 2.30. The van der Waals surface area contributed by atoms with Crippen LogP contribution < -0.4 is 8.92 Å². The number of nitrogens with zero attached hydrogens (tertiary/aromatic N) is 1. The molecule has 1 amide bonds. The molecule has 0 aliphatic carbocycles. The zero-order valence-corrected chi connectivity index (χ0v) is 19.2. The fraction of sp³-hybridized carbons (Fsp3) is 0.238. The Morgan fingerprint density at radius 2 is 1.80 bits per heavy atom. The molecule has 0 aromatic heterocycles. The molecule has 1 saturated heterocycles. The van der Waals surface area contributed by atoms with Gasteiger partial charge in [-0.25, -0.2) is 0 Å². The third-order valence-electron chi connectivity index (χ3n) is 4.26. The van der Waals surface area contributed by atoms with Crippen LogP contribution in [0.5, 0.6) is 11.5 Å². The Kier molecular flexibility index (Phi) is 6.84. The molecule has 158 valence electrons. The van der Waals surface area contributed by atoms with Crippen molar-refractivity contribution < 1.29 is 22.1 Å². The molecule has 3 rings (SSSR count). The molecule has 1 aliphatic heterocycles. The van der Waals surface area contributed by atoms with Crippen molar-refractivity contribution in [3.8, 4) is 11.5 Å². The van der Waals surface area contributed by atoms with E-state index in [2.05, 4.69) is 0 Å². The molecule has 0 saturated carbocycles. The molecule has 0 N–H and O–H groups in total. The van der Waals surface area contributed by atoms with Gasteiger partial charge in [0, 0.05) is 6.54 Å². The Balaban J connectivity index is 1.91. The Morgan fingerprint density at radius 3 is 2.40 bits per heavy atom. The Hall–Kier alpha value is -2.36. The second-order valence-electron chi connectivity index (χ2n) is 6.42. The first-order valence-corrected chi connectivity index (χ1v) is 11.9. The summed E-state index contributed by atoms with van der Waals surface area (Å²) in [6.07, 6.45) is 1.70. The Labute approximate surface area is 186 Å². The molecular formula is C21H21NO5S3. The maximum atomic E-state index is 12.6. The number of likely N-dealkylation sites (N-methyl/N-ethyl adjacent to an activating group) is 1. The largest absolute Gasteiger partial charge is 0.490 e. The molecule has 1 fully saturated rings. The van der Waals surface area contributed by atoms with Crippen LogP contribution in [0.3, 0.4) is 0 Å². The zero-order valence-electron chi connectivity index (χ0n) is 16.7. The lowest BCUT2D eigenvalue weighted by Gasteiger charge is -2.13. The number of carbonyl (C=O) groups excluding carboxylic acids is 1. The van der Waals surface area contributed by atoms with Gasteiger partial charge in [-0.2, -0.15) is 8.42 Å². The number of carbonyl (C=O) groups is 1. The van der Waals surface area contributed by atoms with Crippen molar-refractivity contribution in [2.45, 2.75) is 25.7 Å². The standard InChI is InChI=1S/C21H21NO5S3/c1-4-22-20(23)19(29-21(22)28)13-15-8-11-17(18(12-15)26-5-2)27-30(24,25)16-9-6-14(3)7-10-16/h6-13H,4-5H2,1-3H3/b19-13-. The van der Waals surface area contributed by atoms with Gasteiger partial charge in [0.25, 0.3) is 5.91 Å². The molecule has 1 heterocycles. The van der Waals surface area contributed by atoms with E-state index in [9.17, 15) is 13.2 Å².